The van der Waals surface area contributed by atoms with Gasteiger partial charge in [0.05, 0.1) is 12.2 Å². The largest absolute Gasteiger partial charge is 0.482 e. The maximum absolute atomic E-state index is 12.6. The highest BCUT2D eigenvalue weighted by Gasteiger charge is 2.26. The Morgan fingerprint density at radius 1 is 1.10 bits per heavy atom. The first kappa shape index (κ1) is 20.5. The predicted molar refractivity (Wildman–Crippen MR) is 119 cm³/mol. The molecule has 2 aromatic carbocycles. The molecule has 1 aliphatic heterocycles. The van der Waals surface area contributed by atoms with Gasteiger partial charge in [-0.05, 0) is 43.0 Å². The lowest BCUT2D eigenvalue weighted by Crippen LogP contribution is -2.38. The van der Waals surface area contributed by atoms with Crippen molar-refractivity contribution < 1.29 is 14.3 Å². The number of anilines is 2. The normalized spacial score (nSPS) is 16.7. The third kappa shape index (κ3) is 5.02. The molecule has 2 amide bonds. The highest BCUT2D eigenvalue weighted by atomic mass is 16.5. The first-order chi connectivity index (χ1) is 14.6. The Hall–Kier alpha value is -2.82. The van der Waals surface area contributed by atoms with Crippen molar-refractivity contribution in [3.05, 3.63) is 53.6 Å². The molecule has 1 N–H and O–H groups in total. The molecule has 5 nitrogen and oxygen atoms in total. The van der Waals surface area contributed by atoms with E-state index in [-0.39, 0.29) is 18.4 Å². The third-order valence-electron chi connectivity index (χ3n) is 6.15. The van der Waals surface area contributed by atoms with Gasteiger partial charge >= 0.3 is 0 Å². The molecular formula is C25H30N2O3. The van der Waals surface area contributed by atoms with E-state index in [1.165, 1.54) is 37.7 Å². The topological polar surface area (TPSA) is 58.6 Å². The molecule has 0 bridgehead atoms. The van der Waals surface area contributed by atoms with E-state index in [0.717, 1.165) is 12.0 Å². The first-order valence-corrected chi connectivity index (χ1v) is 11.0. The monoisotopic (exact) mass is 406 g/mol. The van der Waals surface area contributed by atoms with Crippen LogP contribution in [0.3, 0.4) is 0 Å². The number of benzene rings is 2. The van der Waals surface area contributed by atoms with Gasteiger partial charge in [0.1, 0.15) is 5.75 Å². The summed E-state index contributed by atoms with van der Waals surface area (Å²) in [5.41, 5.74) is 3.65. The molecule has 2 aromatic rings. The lowest BCUT2D eigenvalue weighted by atomic mass is 9.86. The van der Waals surface area contributed by atoms with Crippen LogP contribution in [0.15, 0.2) is 42.5 Å². The summed E-state index contributed by atoms with van der Waals surface area (Å²) in [4.78, 5) is 26.8. The molecule has 0 unspecified atom stereocenters. The molecule has 5 heteroatoms. The van der Waals surface area contributed by atoms with E-state index in [0.29, 0.717) is 36.0 Å². The van der Waals surface area contributed by atoms with E-state index < -0.39 is 0 Å². The molecule has 1 heterocycles. The Morgan fingerprint density at radius 2 is 1.87 bits per heavy atom. The van der Waals surface area contributed by atoms with Gasteiger partial charge < -0.3 is 15.0 Å². The second-order valence-corrected chi connectivity index (χ2v) is 8.53. The average Bonchev–Trinajstić information content (AvgIpc) is 2.76. The zero-order valence-corrected chi connectivity index (χ0v) is 17.7. The number of amides is 2. The van der Waals surface area contributed by atoms with Crippen molar-refractivity contribution in [3.63, 3.8) is 0 Å². The van der Waals surface area contributed by atoms with Gasteiger partial charge in [0.2, 0.25) is 5.91 Å². The van der Waals surface area contributed by atoms with E-state index >= 15 is 0 Å². The standard InChI is InChI=1S/C25H30N2O3/c1-18-7-9-20(10-8-18)16-27-22-15-21(12-13-23(22)30-17-25(27)29)26-24(28)14-11-19-5-3-2-4-6-19/h7-10,12-13,15,19H,2-6,11,14,16-17H2,1H3,(H,26,28). The quantitative estimate of drug-likeness (QED) is 0.715. The molecule has 158 valence electrons. The summed E-state index contributed by atoms with van der Waals surface area (Å²) in [6, 6.07) is 13.7. The number of hydrogen-bond donors (Lipinski definition) is 1. The van der Waals surface area contributed by atoms with Crippen molar-refractivity contribution in [2.75, 3.05) is 16.8 Å². The number of carbonyl (C=O) groups excluding carboxylic acids is 2. The summed E-state index contributed by atoms with van der Waals surface area (Å²) in [5, 5.41) is 3.01. The Bertz CT molecular complexity index is 901. The number of ether oxygens (including phenoxy) is 1. The lowest BCUT2D eigenvalue weighted by Gasteiger charge is -2.30. The van der Waals surface area contributed by atoms with Gasteiger partial charge in [0.15, 0.2) is 6.61 Å². The zero-order valence-electron chi connectivity index (χ0n) is 17.7. The van der Waals surface area contributed by atoms with Crippen molar-refractivity contribution in [3.8, 4) is 5.75 Å². The van der Waals surface area contributed by atoms with Gasteiger partial charge in [0.25, 0.3) is 5.91 Å². The first-order valence-electron chi connectivity index (χ1n) is 11.0. The fourth-order valence-corrected chi connectivity index (χ4v) is 4.36. The second kappa shape index (κ2) is 9.33. The predicted octanol–water partition coefficient (Wildman–Crippen LogP) is 5.22. The van der Waals surface area contributed by atoms with Crippen molar-refractivity contribution in [1.82, 2.24) is 0 Å². The van der Waals surface area contributed by atoms with Gasteiger partial charge in [-0.1, -0.05) is 61.9 Å². The molecule has 1 aliphatic carbocycles. The van der Waals surface area contributed by atoms with Crippen LogP contribution in [0.5, 0.6) is 5.75 Å². The van der Waals surface area contributed by atoms with Crippen LogP contribution in [0.4, 0.5) is 11.4 Å². The number of fused-ring (bicyclic) bond motifs is 1. The Morgan fingerprint density at radius 3 is 2.63 bits per heavy atom. The molecule has 30 heavy (non-hydrogen) atoms. The molecule has 1 fully saturated rings. The smallest absolute Gasteiger partial charge is 0.265 e. The maximum atomic E-state index is 12.6. The van der Waals surface area contributed by atoms with E-state index in [4.69, 9.17) is 4.74 Å². The summed E-state index contributed by atoms with van der Waals surface area (Å²) < 4.78 is 5.61. The fourth-order valence-electron chi connectivity index (χ4n) is 4.36. The molecule has 2 aliphatic rings. The highest BCUT2D eigenvalue weighted by Crippen LogP contribution is 2.36. The van der Waals surface area contributed by atoms with Gasteiger partial charge in [-0.25, -0.2) is 0 Å². The van der Waals surface area contributed by atoms with Gasteiger partial charge in [0, 0.05) is 12.1 Å². The molecule has 0 aromatic heterocycles. The molecule has 0 spiro atoms. The molecule has 0 radical (unpaired) electrons. The number of nitrogens with zero attached hydrogens (tertiary/aromatic N) is 1. The zero-order chi connectivity index (χ0) is 20.9. The second-order valence-electron chi connectivity index (χ2n) is 8.53. The molecule has 0 atom stereocenters. The van der Waals surface area contributed by atoms with Crippen LogP contribution < -0.4 is 15.0 Å². The average molecular weight is 407 g/mol. The Balaban J connectivity index is 1.43. The van der Waals surface area contributed by atoms with Crippen LogP contribution in [-0.4, -0.2) is 18.4 Å². The number of aryl methyl sites for hydroxylation is 1. The van der Waals surface area contributed by atoms with Crippen LogP contribution in [0.2, 0.25) is 0 Å². The maximum Gasteiger partial charge on any atom is 0.265 e. The summed E-state index contributed by atoms with van der Waals surface area (Å²) in [6.45, 7) is 2.56. The molecule has 1 saturated carbocycles. The SMILES string of the molecule is Cc1ccc(CN2C(=O)COc3ccc(NC(=O)CCC4CCCCC4)cc32)cc1. The Labute approximate surface area is 178 Å². The summed E-state index contributed by atoms with van der Waals surface area (Å²) in [7, 11) is 0. The van der Waals surface area contributed by atoms with E-state index in [9.17, 15) is 9.59 Å². The van der Waals surface area contributed by atoms with Crippen LogP contribution in [0, 0.1) is 12.8 Å². The van der Waals surface area contributed by atoms with Crippen molar-refractivity contribution >= 4 is 23.2 Å². The van der Waals surface area contributed by atoms with Crippen LogP contribution >= 0.6 is 0 Å². The fraction of sp³-hybridized carbons (Fsp3) is 0.440. The van der Waals surface area contributed by atoms with Crippen LogP contribution in [0.1, 0.15) is 56.1 Å². The lowest BCUT2D eigenvalue weighted by molar-refractivity contribution is -0.121. The van der Waals surface area contributed by atoms with E-state index in [2.05, 4.69) is 5.32 Å². The highest BCUT2D eigenvalue weighted by molar-refractivity contribution is 5.99. The van der Waals surface area contributed by atoms with E-state index in [1.54, 1.807) is 4.90 Å². The summed E-state index contributed by atoms with van der Waals surface area (Å²) in [6.07, 6.45) is 7.92. The van der Waals surface area contributed by atoms with E-state index in [1.807, 2.05) is 49.4 Å². The van der Waals surface area contributed by atoms with Crippen molar-refractivity contribution in [1.29, 1.82) is 0 Å². The third-order valence-corrected chi connectivity index (χ3v) is 6.15. The summed E-state index contributed by atoms with van der Waals surface area (Å²) in [5.74, 6) is 1.31. The Kier molecular flexibility index (Phi) is 6.36. The van der Waals surface area contributed by atoms with Gasteiger partial charge in [-0.15, -0.1) is 0 Å². The van der Waals surface area contributed by atoms with Crippen molar-refractivity contribution in [2.24, 2.45) is 5.92 Å². The molecule has 0 saturated heterocycles. The minimum atomic E-state index is -0.0798. The van der Waals surface area contributed by atoms with Crippen molar-refractivity contribution in [2.45, 2.75) is 58.4 Å². The number of nitrogens with one attached hydrogen (secondary N) is 1. The van der Waals surface area contributed by atoms with Gasteiger partial charge in [-0.3, -0.25) is 9.59 Å². The number of hydrogen-bond acceptors (Lipinski definition) is 3. The minimum absolute atomic E-state index is 0.0337. The van der Waals surface area contributed by atoms with Crippen LogP contribution in [0.25, 0.3) is 0 Å². The summed E-state index contributed by atoms with van der Waals surface area (Å²) >= 11 is 0. The van der Waals surface area contributed by atoms with Crippen LogP contribution in [-0.2, 0) is 16.1 Å². The minimum Gasteiger partial charge on any atom is -0.482 e. The molecular weight excluding hydrogens is 376 g/mol. The number of rotatable bonds is 6. The molecule has 4 rings (SSSR count). The van der Waals surface area contributed by atoms with Gasteiger partial charge in [-0.2, -0.15) is 0 Å². The number of carbonyl (C=O) groups is 2.